The molecule has 0 amide bonds. The molecule has 9 nitrogen and oxygen atoms in total. The zero-order valence-electron chi connectivity index (χ0n) is 17.2. The molecule has 2 N–H and O–H groups in total. The fourth-order valence-corrected chi connectivity index (χ4v) is 8.60. The predicted molar refractivity (Wildman–Crippen MR) is 105 cm³/mol. The summed E-state index contributed by atoms with van der Waals surface area (Å²) in [7, 11) is -9.24. The van der Waals surface area contributed by atoms with Crippen molar-refractivity contribution in [1.29, 1.82) is 0 Å². The van der Waals surface area contributed by atoms with Crippen LogP contribution in [0.2, 0.25) is 0 Å². The molecule has 0 aliphatic heterocycles. The summed E-state index contributed by atoms with van der Waals surface area (Å²) in [6, 6.07) is 0. The lowest BCUT2D eigenvalue weighted by Crippen LogP contribution is -2.60. The van der Waals surface area contributed by atoms with Crippen molar-refractivity contribution < 1.29 is 39.1 Å². The van der Waals surface area contributed by atoms with Gasteiger partial charge in [-0.2, -0.15) is 16.8 Å². The third-order valence-corrected chi connectivity index (χ3v) is 9.75. The van der Waals surface area contributed by atoms with E-state index < -0.39 is 38.4 Å². The van der Waals surface area contributed by atoms with E-state index in [0.717, 1.165) is 19.3 Å². The normalized spacial score (nSPS) is 46.7. The van der Waals surface area contributed by atoms with Gasteiger partial charge in [0.05, 0.1) is 12.2 Å². The van der Waals surface area contributed by atoms with Crippen molar-refractivity contribution in [3.63, 3.8) is 0 Å². The molecular formula is C19H30O9S2. The molecule has 0 heterocycles. The van der Waals surface area contributed by atoms with Crippen LogP contribution in [-0.4, -0.2) is 43.9 Å². The number of fused-ring (bicyclic) bond motifs is 5. The lowest BCUT2D eigenvalue weighted by Gasteiger charge is -2.61. The van der Waals surface area contributed by atoms with E-state index in [4.69, 9.17) is 12.9 Å². The van der Waals surface area contributed by atoms with Gasteiger partial charge in [-0.15, -0.1) is 0 Å². The molecule has 172 valence electrons. The van der Waals surface area contributed by atoms with Crippen molar-refractivity contribution >= 4 is 26.6 Å². The number of carbonyl (C=O) groups excluding carboxylic acids is 1. The van der Waals surface area contributed by atoms with Gasteiger partial charge < -0.3 is 0 Å². The Bertz CT molecular complexity index is 930. The molecule has 4 saturated carbocycles. The smallest absolute Gasteiger partial charge is 0.299 e. The predicted octanol–water partition coefficient (Wildman–Crippen LogP) is 2.58. The molecule has 30 heavy (non-hydrogen) atoms. The first-order valence-corrected chi connectivity index (χ1v) is 13.3. The van der Waals surface area contributed by atoms with Gasteiger partial charge >= 0.3 is 20.8 Å². The number of rotatable bonds is 4. The minimum absolute atomic E-state index is 0.0632. The molecular weight excluding hydrogens is 436 g/mol. The number of hydrogen-bond donors (Lipinski definition) is 2. The number of hydrogen-bond acceptors (Lipinski definition) is 7. The largest absolute Gasteiger partial charge is 0.397 e. The van der Waals surface area contributed by atoms with Crippen LogP contribution in [0, 0.1) is 34.5 Å². The number of ketones is 1. The first kappa shape index (κ1) is 22.6. The Hall–Kier alpha value is -0.590. The monoisotopic (exact) mass is 466 g/mol. The van der Waals surface area contributed by atoms with E-state index in [0.29, 0.717) is 25.7 Å². The van der Waals surface area contributed by atoms with Crippen LogP contribution in [0.4, 0.5) is 0 Å². The summed E-state index contributed by atoms with van der Waals surface area (Å²) in [6.45, 7) is 3.98. The van der Waals surface area contributed by atoms with Crippen molar-refractivity contribution in [2.75, 3.05) is 0 Å². The standard InChI is InChI=1S/C19H30O9S2/c1-18-8-7-12(27-29(21,22)23)9-11(18)3-4-13-14-5-6-16(20)19(14,2)10-15(17(13)18)28-30(24,25)26/h11-15,17H,3-10H2,1-2H3,(H,21,22,23)(H,24,25,26)/t11-,12-,13+,14+,15+,17-,18+,19+/m1/s1. The lowest BCUT2D eigenvalue weighted by molar-refractivity contribution is -0.169. The Labute approximate surface area is 177 Å². The first-order chi connectivity index (χ1) is 13.7. The number of Topliss-reactive ketones (excluding diaryl/α,β-unsaturated/α-hetero) is 1. The highest BCUT2D eigenvalue weighted by molar-refractivity contribution is 7.81. The second-order valence-corrected chi connectivity index (χ2v) is 12.2. The van der Waals surface area contributed by atoms with Crippen molar-refractivity contribution in [2.24, 2.45) is 34.5 Å². The van der Waals surface area contributed by atoms with Crippen LogP contribution in [0.1, 0.15) is 65.2 Å². The average molecular weight is 467 g/mol. The molecule has 11 heteroatoms. The van der Waals surface area contributed by atoms with E-state index in [1.807, 2.05) is 6.92 Å². The lowest BCUT2D eigenvalue weighted by atomic mass is 9.44. The van der Waals surface area contributed by atoms with Gasteiger partial charge in [0.25, 0.3) is 0 Å². The van der Waals surface area contributed by atoms with E-state index in [2.05, 4.69) is 6.92 Å². The number of carbonyl (C=O) groups is 1. The molecule has 0 aromatic carbocycles. The highest BCUT2D eigenvalue weighted by atomic mass is 32.3. The van der Waals surface area contributed by atoms with E-state index in [9.17, 15) is 26.2 Å². The van der Waals surface area contributed by atoms with E-state index in [1.54, 1.807) is 0 Å². The molecule has 0 aromatic heterocycles. The summed E-state index contributed by atoms with van der Waals surface area (Å²) in [5, 5.41) is 0. The van der Waals surface area contributed by atoms with Gasteiger partial charge in [-0.05, 0) is 74.0 Å². The Morgan fingerprint density at radius 1 is 0.967 bits per heavy atom. The highest BCUT2D eigenvalue weighted by Gasteiger charge is 2.64. The zero-order valence-corrected chi connectivity index (χ0v) is 18.8. The zero-order chi connectivity index (χ0) is 22.1. The molecule has 0 radical (unpaired) electrons. The van der Waals surface area contributed by atoms with Crippen LogP contribution in [0.15, 0.2) is 0 Å². The van der Waals surface area contributed by atoms with E-state index >= 15 is 0 Å². The molecule has 4 fully saturated rings. The average Bonchev–Trinajstić information content (AvgIpc) is 2.87. The quantitative estimate of drug-likeness (QED) is 0.597. The molecule has 0 bridgehead atoms. The Morgan fingerprint density at radius 2 is 1.63 bits per heavy atom. The summed E-state index contributed by atoms with van der Waals surface area (Å²) >= 11 is 0. The van der Waals surface area contributed by atoms with Crippen LogP contribution < -0.4 is 0 Å². The fourth-order valence-electron chi connectivity index (χ4n) is 7.58. The first-order valence-electron chi connectivity index (χ1n) is 10.6. The minimum Gasteiger partial charge on any atom is -0.299 e. The van der Waals surface area contributed by atoms with Gasteiger partial charge in [0, 0.05) is 11.8 Å². The minimum atomic E-state index is -4.70. The van der Waals surface area contributed by atoms with Crippen molar-refractivity contribution in [3.8, 4) is 0 Å². The maximum absolute atomic E-state index is 12.7. The third kappa shape index (κ3) is 3.86. The summed E-state index contributed by atoms with van der Waals surface area (Å²) < 4.78 is 74.2. The topological polar surface area (TPSA) is 144 Å². The maximum atomic E-state index is 12.7. The summed E-state index contributed by atoms with van der Waals surface area (Å²) in [5.74, 6) is 0.275. The SMILES string of the molecule is C[C@]12CC[C@@H](OS(=O)(=O)O)C[C@H]1CC[C@@H]1[C@@H]2[C@@H](OS(=O)(=O)O)C[C@]2(C)C(=O)CC[C@@H]12. The van der Waals surface area contributed by atoms with Gasteiger partial charge in [0.2, 0.25) is 0 Å². The molecule has 8 atom stereocenters. The second-order valence-electron chi connectivity index (χ2n) is 10.1. The summed E-state index contributed by atoms with van der Waals surface area (Å²) in [5.41, 5.74) is -0.991. The molecule has 4 aliphatic carbocycles. The van der Waals surface area contributed by atoms with Gasteiger partial charge in [-0.25, -0.2) is 8.37 Å². The molecule has 0 saturated heterocycles. The third-order valence-electron chi connectivity index (χ3n) is 8.74. The van der Waals surface area contributed by atoms with Gasteiger partial charge in [0.1, 0.15) is 5.78 Å². The Kier molecular flexibility index (Phi) is 5.43. The Balaban J connectivity index is 1.67. The molecule has 0 spiro atoms. The molecule has 4 aliphatic rings. The van der Waals surface area contributed by atoms with Gasteiger partial charge in [0.15, 0.2) is 0 Å². The maximum Gasteiger partial charge on any atom is 0.397 e. The van der Waals surface area contributed by atoms with Crippen LogP contribution in [0.25, 0.3) is 0 Å². The van der Waals surface area contributed by atoms with Crippen molar-refractivity contribution in [3.05, 3.63) is 0 Å². The molecule has 4 rings (SSSR count). The fraction of sp³-hybridized carbons (Fsp3) is 0.947. The summed E-state index contributed by atoms with van der Waals surface area (Å²) in [4.78, 5) is 12.7. The second kappa shape index (κ2) is 7.21. The van der Waals surface area contributed by atoms with E-state index in [1.165, 1.54) is 0 Å². The molecule has 0 unspecified atom stereocenters. The Morgan fingerprint density at radius 3 is 2.27 bits per heavy atom. The van der Waals surface area contributed by atoms with Crippen LogP contribution in [-0.2, 0) is 34.0 Å². The van der Waals surface area contributed by atoms with Gasteiger partial charge in [-0.3, -0.25) is 13.9 Å². The van der Waals surface area contributed by atoms with Gasteiger partial charge in [-0.1, -0.05) is 13.8 Å². The highest BCUT2D eigenvalue weighted by Crippen LogP contribution is 2.66. The summed E-state index contributed by atoms with van der Waals surface area (Å²) in [6.07, 6.45) is 3.13. The van der Waals surface area contributed by atoms with E-state index in [-0.39, 0.29) is 41.3 Å². The van der Waals surface area contributed by atoms with Crippen molar-refractivity contribution in [2.45, 2.75) is 77.4 Å². The van der Waals surface area contributed by atoms with Crippen molar-refractivity contribution in [1.82, 2.24) is 0 Å². The van der Waals surface area contributed by atoms with Crippen LogP contribution in [0.5, 0.6) is 0 Å². The van der Waals surface area contributed by atoms with Crippen LogP contribution >= 0.6 is 0 Å². The molecule has 0 aromatic rings. The van der Waals surface area contributed by atoms with Crippen LogP contribution in [0.3, 0.4) is 0 Å².